The van der Waals surface area contributed by atoms with Crippen LogP contribution in [0.3, 0.4) is 0 Å². The highest BCUT2D eigenvalue weighted by Gasteiger charge is 2.36. The number of carbonyl (C=O) groups is 1. The fourth-order valence-electron chi connectivity index (χ4n) is 2.08. The normalized spacial score (nSPS) is 13.3. The van der Waals surface area contributed by atoms with Gasteiger partial charge >= 0.3 is 19.9 Å². The van der Waals surface area contributed by atoms with Crippen molar-refractivity contribution in [3.05, 3.63) is 34.4 Å². The van der Waals surface area contributed by atoms with Crippen molar-refractivity contribution >= 4 is 13.1 Å². The molecule has 0 heterocycles. The Bertz CT molecular complexity index is 659. The van der Waals surface area contributed by atoms with Gasteiger partial charge < -0.3 is 9.79 Å². The van der Waals surface area contributed by atoms with Gasteiger partial charge in [-0.3, -0.25) is 9.36 Å². The lowest BCUT2D eigenvalue weighted by atomic mass is 9.95. The van der Waals surface area contributed by atoms with Gasteiger partial charge in [-0.25, -0.2) is 0 Å². The van der Waals surface area contributed by atoms with Crippen molar-refractivity contribution in [1.82, 2.24) is 0 Å². The molecular formula is C12H11F6O4P. The van der Waals surface area contributed by atoms with Crippen molar-refractivity contribution in [3.63, 3.8) is 0 Å². The summed E-state index contributed by atoms with van der Waals surface area (Å²) in [6.07, 6.45) is -12.9. The van der Waals surface area contributed by atoms with E-state index in [4.69, 9.17) is 9.79 Å². The summed E-state index contributed by atoms with van der Waals surface area (Å²) in [4.78, 5) is 29.3. The second kappa shape index (κ2) is 6.26. The number of aryl methyl sites for hydroxylation is 1. The molecule has 2 N–H and O–H groups in total. The lowest BCUT2D eigenvalue weighted by Crippen LogP contribution is -2.18. The van der Waals surface area contributed by atoms with Crippen molar-refractivity contribution in [3.8, 4) is 0 Å². The molecule has 0 unspecified atom stereocenters. The molecule has 0 aliphatic rings. The summed E-state index contributed by atoms with van der Waals surface area (Å²) in [5.74, 6) is 0. The third-order valence-corrected chi connectivity index (χ3v) is 3.50. The van der Waals surface area contributed by atoms with Gasteiger partial charge in [0.05, 0.1) is 12.8 Å². The molecule has 1 rings (SSSR count). The number of benzene rings is 1. The molecule has 0 spiro atoms. The summed E-state index contributed by atoms with van der Waals surface area (Å²) in [6, 6.07) is 1.28. The number of hydrogen-bond acceptors (Lipinski definition) is 2. The zero-order chi connectivity index (χ0) is 18.2. The van der Waals surface area contributed by atoms with E-state index in [0.717, 1.165) is 13.0 Å². The Balaban J connectivity index is 3.50. The smallest absolute Gasteiger partial charge is 0.319 e. The Labute approximate surface area is 126 Å². The van der Waals surface area contributed by atoms with Crippen LogP contribution < -0.4 is 0 Å². The number of carbonyl (C=O) groups excluding carboxylic acids is 1. The summed E-state index contributed by atoms with van der Waals surface area (Å²) in [7, 11) is -5.38. The highest BCUT2D eigenvalue weighted by atomic mass is 31.2. The molecule has 0 amide bonds. The molecule has 0 aliphatic heterocycles. The van der Waals surface area contributed by atoms with Crippen LogP contribution in [0.4, 0.5) is 26.3 Å². The molecule has 0 radical (unpaired) electrons. The maximum Gasteiger partial charge on any atom is 0.396 e. The van der Waals surface area contributed by atoms with Gasteiger partial charge in [-0.1, -0.05) is 12.1 Å². The van der Waals surface area contributed by atoms with Gasteiger partial charge in [-0.15, -0.1) is 0 Å². The SMILES string of the molecule is Cc1cc(CC(F)(F)F)cc(CC(F)(F)F)c1C(=O)P(=O)(O)O. The molecule has 4 nitrogen and oxygen atoms in total. The Hall–Kier alpha value is -1.38. The highest BCUT2D eigenvalue weighted by Crippen LogP contribution is 2.42. The first-order valence-corrected chi connectivity index (χ1v) is 7.58. The average molecular weight is 364 g/mol. The lowest BCUT2D eigenvalue weighted by Gasteiger charge is -2.17. The maximum absolute atomic E-state index is 12.6. The summed E-state index contributed by atoms with van der Waals surface area (Å²) < 4.78 is 85.8. The Morgan fingerprint density at radius 1 is 1.04 bits per heavy atom. The van der Waals surface area contributed by atoms with E-state index < -0.39 is 55.0 Å². The minimum Gasteiger partial charge on any atom is -0.319 e. The van der Waals surface area contributed by atoms with Crippen LogP contribution >= 0.6 is 7.60 Å². The van der Waals surface area contributed by atoms with Gasteiger partial charge in [0.2, 0.25) is 0 Å². The molecule has 0 saturated carbocycles. The Kier molecular flexibility index (Phi) is 5.35. The zero-order valence-corrected chi connectivity index (χ0v) is 12.4. The Morgan fingerprint density at radius 2 is 1.52 bits per heavy atom. The fraction of sp³-hybridized carbons (Fsp3) is 0.417. The van der Waals surface area contributed by atoms with Gasteiger partial charge in [-0.2, -0.15) is 26.3 Å². The highest BCUT2D eigenvalue weighted by molar-refractivity contribution is 7.70. The van der Waals surface area contributed by atoms with E-state index in [1.165, 1.54) is 0 Å². The molecule has 0 saturated heterocycles. The van der Waals surface area contributed by atoms with Gasteiger partial charge in [0.1, 0.15) is 0 Å². The largest absolute Gasteiger partial charge is 0.396 e. The first kappa shape index (κ1) is 19.7. The van der Waals surface area contributed by atoms with Gasteiger partial charge in [0, 0.05) is 5.56 Å². The molecular weight excluding hydrogens is 353 g/mol. The zero-order valence-electron chi connectivity index (χ0n) is 11.5. The second-order valence-corrected chi connectivity index (χ2v) is 6.37. The summed E-state index contributed by atoms with van der Waals surface area (Å²) in [5, 5.41) is 0. The standard InChI is InChI=1S/C12H11F6O4P/c1-6-2-7(4-11(13,14)15)3-8(5-12(16,17)18)9(6)10(19)23(20,21)22/h2-3H,4-5H2,1H3,(H2,20,21,22). The molecule has 0 atom stereocenters. The van der Waals surface area contributed by atoms with E-state index in [1.54, 1.807) is 0 Å². The number of halogens is 6. The monoisotopic (exact) mass is 364 g/mol. The topological polar surface area (TPSA) is 74.6 Å². The van der Waals surface area contributed by atoms with Crippen LogP contribution in [0, 0.1) is 6.92 Å². The van der Waals surface area contributed by atoms with Crippen LogP contribution in [0.2, 0.25) is 0 Å². The molecule has 11 heteroatoms. The van der Waals surface area contributed by atoms with Crippen molar-refractivity contribution in [1.29, 1.82) is 0 Å². The third-order valence-electron chi connectivity index (χ3n) is 2.75. The molecule has 0 bridgehead atoms. The van der Waals surface area contributed by atoms with Crippen LogP contribution in [0.1, 0.15) is 27.0 Å². The summed E-state index contributed by atoms with van der Waals surface area (Å²) in [6.45, 7) is 1.02. The molecule has 0 aliphatic carbocycles. The van der Waals surface area contributed by atoms with Crippen molar-refractivity contribution in [2.75, 3.05) is 0 Å². The third kappa shape index (κ3) is 5.96. The van der Waals surface area contributed by atoms with Crippen molar-refractivity contribution < 1.29 is 45.5 Å². The minimum atomic E-state index is -5.38. The van der Waals surface area contributed by atoms with E-state index in [-0.39, 0.29) is 5.56 Å². The molecule has 1 aromatic carbocycles. The Morgan fingerprint density at radius 3 is 1.91 bits per heavy atom. The molecule has 130 valence electrons. The van der Waals surface area contributed by atoms with Crippen LogP contribution in [-0.4, -0.2) is 27.7 Å². The number of rotatable bonds is 4. The second-order valence-electron chi connectivity index (χ2n) is 4.88. The first-order chi connectivity index (χ1) is 10.1. The van der Waals surface area contributed by atoms with Crippen LogP contribution in [0.25, 0.3) is 0 Å². The van der Waals surface area contributed by atoms with E-state index in [1.807, 2.05) is 0 Å². The minimum absolute atomic E-state index is 0.362. The molecule has 1 aromatic rings. The van der Waals surface area contributed by atoms with E-state index in [9.17, 15) is 35.7 Å². The summed E-state index contributed by atoms with van der Waals surface area (Å²) in [5.41, 5.74) is -4.55. The number of alkyl halides is 6. The van der Waals surface area contributed by atoms with E-state index in [2.05, 4.69) is 0 Å². The lowest BCUT2D eigenvalue weighted by molar-refractivity contribution is -0.127. The molecule has 0 fully saturated rings. The van der Waals surface area contributed by atoms with Gasteiger partial charge in [0.25, 0.3) is 5.52 Å². The van der Waals surface area contributed by atoms with Crippen LogP contribution in [0.15, 0.2) is 12.1 Å². The molecule has 0 aromatic heterocycles. The van der Waals surface area contributed by atoms with Crippen LogP contribution in [0.5, 0.6) is 0 Å². The average Bonchev–Trinajstić information content (AvgIpc) is 2.21. The quantitative estimate of drug-likeness (QED) is 0.633. The maximum atomic E-state index is 12.6. The van der Waals surface area contributed by atoms with Gasteiger partial charge in [0.15, 0.2) is 0 Å². The summed E-state index contributed by atoms with van der Waals surface area (Å²) >= 11 is 0. The van der Waals surface area contributed by atoms with Gasteiger partial charge in [-0.05, 0) is 23.6 Å². The predicted octanol–water partition coefficient (Wildman–Crippen LogP) is 3.52. The predicted molar refractivity (Wildman–Crippen MR) is 67.1 cm³/mol. The van der Waals surface area contributed by atoms with Crippen LogP contribution in [-0.2, 0) is 17.4 Å². The number of hydrogen-bond donors (Lipinski definition) is 2. The fourth-order valence-corrected chi connectivity index (χ4v) is 2.69. The van der Waals surface area contributed by atoms with E-state index in [0.29, 0.717) is 6.07 Å². The molecule has 23 heavy (non-hydrogen) atoms. The van der Waals surface area contributed by atoms with E-state index >= 15 is 0 Å². The van der Waals surface area contributed by atoms with Crippen molar-refractivity contribution in [2.24, 2.45) is 0 Å². The van der Waals surface area contributed by atoms with Crippen molar-refractivity contribution in [2.45, 2.75) is 32.1 Å². The first-order valence-electron chi connectivity index (χ1n) is 5.96.